The number of ketones is 1. The Hall–Kier alpha value is -4.20. The van der Waals surface area contributed by atoms with Crippen LogP contribution in [0.15, 0.2) is 64.8 Å². The number of carbonyl (C=O) groups excluding carboxylic acids is 2. The van der Waals surface area contributed by atoms with Crippen LogP contribution < -0.4 is 9.47 Å². The first-order valence-corrected chi connectivity index (χ1v) is 11.3. The SMILES string of the molecule is CCCOc1ccc(/C(O)=C2/C(=O)C(=O)N(Cc3ccco3)C2c2ccc(OC)c(O)c2)cc1C. The maximum absolute atomic E-state index is 13.2. The predicted molar refractivity (Wildman–Crippen MR) is 128 cm³/mol. The number of nitrogens with zero attached hydrogens (tertiary/aromatic N) is 1. The van der Waals surface area contributed by atoms with E-state index in [1.54, 1.807) is 42.5 Å². The summed E-state index contributed by atoms with van der Waals surface area (Å²) in [4.78, 5) is 27.6. The van der Waals surface area contributed by atoms with Gasteiger partial charge in [-0.2, -0.15) is 0 Å². The fraction of sp³-hybridized carbons (Fsp3) is 0.259. The maximum Gasteiger partial charge on any atom is 0.296 e. The second kappa shape index (κ2) is 9.97. The standard InChI is InChI=1S/C27H27NO7/c1-4-11-35-21-9-8-18(13-16(21)2)25(30)23-24(17-7-10-22(33-3)20(29)14-17)28(27(32)26(23)31)15-19-6-5-12-34-19/h5-10,12-14,24,29-30H,4,11,15H2,1-3H3/b25-23-. The number of Topliss-reactive ketones (excluding diaryl/α,β-unsaturated/α-hetero) is 1. The Morgan fingerprint density at radius 2 is 1.89 bits per heavy atom. The number of benzene rings is 2. The molecule has 1 aromatic heterocycles. The average molecular weight is 478 g/mol. The van der Waals surface area contributed by atoms with Crippen LogP contribution in [-0.4, -0.2) is 40.5 Å². The van der Waals surface area contributed by atoms with E-state index in [2.05, 4.69) is 0 Å². The normalized spacial score (nSPS) is 17.1. The van der Waals surface area contributed by atoms with Crippen LogP contribution in [0.25, 0.3) is 5.76 Å². The molecule has 1 saturated heterocycles. The van der Waals surface area contributed by atoms with Gasteiger partial charge in [-0.05, 0) is 66.9 Å². The highest BCUT2D eigenvalue weighted by Crippen LogP contribution is 2.42. The van der Waals surface area contributed by atoms with Crippen molar-refractivity contribution in [3.05, 3.63) is 82.8 Å². The number of furan rings is 1. The molecule has 4 rings (SSSR count). The summed E-state index contributed by atoms with van der Waals surface area (Å²) in [5, 5.41) is 21.7. The van der Waals surface area contributed by atoms with Crippen LogP contribution in [0, 0.1) is 6.92 Å². The molecule has 1 fully saturated rings. The summed E-state index contributed by atoms with van der Waals surface area (Å²) in [6, 6.07) is 12.1. The molecule has 2 heterocycles. The number of hydrogen-bond donors (Lipinski definition) is 2. The molecule has 1 atom stereocenters. The van der Waals surface area contributed by atoms with Crippen LogP contribution in [0.3, 0.4) is 0 Å². The van der Waals surface area contributed by atoms with E-state index in [-0.39, 0.29) is 29.4 Å². The third-order valence-electron chi connectivity index (χ3n) is 5.87. The second-order valence-electron chi connectivity index (χ2n) is 8.27. The van der Waals surface area contributed by atoms with Crippen LogP contribution in [-0.2, 0) is 16.1 Å². The summed E-state index contributed by atoms with van der Waals surface area (Å²) >= 11 is 0. The van der Waals surface area contributed by atoms with Crippen LogP contribution in [0.1, 0.15) is 41.8 Å². The lowest BCUT2D eigenvalue weighted by Gasteiger charge is -2.25. The van der Waals surface area contributed by atoms with Crippen molar-refractivity contribution in [2.24, 2.45) is 0 Å². The number of phenolic OH excluding ortho intramolecular Hbond substituents is 1. The van der Waals surface area contributed by atoms with Crippen molar-refractivity contribution >= 4 is 17.4 Å². The minimum atomic E-state index is -0.951. The van der Waals surface area contributed by atoms with Gasteiger partial charge in [-0.25, -0.2) is 0 Å². The van der Waals surface area contributed by atoms with Gasteiger partial charge in [0.2, 0.25) is 0 Å². The van der Waals surface area contributed by atoms with E-state index in [0.717, 1.165) is 12.0 Å². The molecule has 1 aliphatic heterocycles. The zero-order valence-electron chi connectivity index (χ0n) is 19.8. The number of amides is 1. The summed E-state index contributed by atoms with van der Waals surface area (Å²) in [6.07, 6.45) is 2.33. The van der Waals surface area contributed by atoms with Crippen LogP contribution in [0.5, 0.6) is 17.2 Å². The maximum atomic E-state index is 13.2. The minimum absolute atomic E-state index is 0.00857. The summed E-state index contributed by atoms with van der Waals surface area (Å²) in [7, 11) is 1.42. The molecule has 0 bridgehead atoms. The third-order valence-corrected chi connectivity index (χ3v) is 5.87. The third kappa shape index (κ3) is 4.59. The van der Waals surface area contributed by atoms with Gasteiger partial charge in [0.05, 0.1) is 38.1 Å². The molecular weight excluding hydrogens is 450 g/mol. The number of aromatic hydroxyl groups is 1. The first-order valence-electron chi connectivity index (χ1n) is 11.3. The average Bonchev–Trinajstić information content (AvgIpc) is 3.45. The summed E-state index contributed by atoms with van der Waals surface area (Å²) in [5.41, 5.74) is 1.53. The molecule has 2 aromatic carbocycles. The van der Waals surface area contributed by atoms with E-state index in [1.165, 1.54) is 24.3 Å². The highest BCUT2D eigenvalue weighted by atomic mass is 16.5. The highest BCUT2D eigenvalue weighted by molar-refractivity contribution is 6.46. The summed E-state index contributed by atoms with van der Waals surface area (Å²) in [6.45, 7) is 4.42. The first-order chi connectivity index (χ1) is 16.8. The Morgan fingerprint density at radius 1 is 1.11 bits per heavy atom. The Labute approximate surface area is 203 Å². The number of hydrogen-bond acceptors (Lipinski definition) is 7. The molecule has 8 heteroatoms. The quantitative estimate of drug-likeness (QED) is 0.275. The number of ether oxygens (including phenoxy) is 2. The molecule has 3 aromatic rings. The smallest absolute Gasteiger partial charge is 0.296 e. The van der Waals surface area contributed by atoms with Gasteiger partial charge in [0.15, 0.2) is 11.5 Å². The van der Waals surface area contributed by atoms with Crippen molar-refractivity contribution in [2.45, 2.75) is 32.9 Å². The molecule has 182 valence electrons. The zero-order valence-corrected chi connectivity index (χ0v) is 19.8. The fourth-order valence-corrected chi connectivity index (χ4v) is 4.16. The van der Waals surface area contributed by atoms with Gasteiger partial charge in [-0.15, -0.1) is 0 Å². The Kier molecular flexibility index (Phi) is 6.82. The van der Waals surface area contributed by atoms with Gasteiger partial charge < -0.3 is 29.0 Å². The Morgan fingerprint density at radius 3 is 2.51 bits per heavy atom. The zero-order chi connectivity index (χ0) is 25.1. The molecular formula is C27H27NO7. The molecule has 35 heavy (non-hydrogen) atoms. The number of aliphatic hydroxyl groups excluding tert-OH is 1. The second-order valence-corrected chi connectivity index (χ2v) is 8.27. The van der Waals surface area contributed by atoms with Gasteiger partial charge in [0.1, 0.15) is 17.3 Å². The van der Waals surface area contributed by atoms with E-state index >= 15 is 0 Å². The van der Waals surface area contributed by atoms with Gasteiger partial charge >= 0.3 is 0 Å². The molecule has 2 N–H and O–H groups in total. The number of methoxy groups -OCH3 is 1. The minimum Gasteiger partial charge on any atom is -0.507 e. The monoisotopic (exact) mass is 477 g/mol. The van der Waals surface area contributed by atoms with Crippen molar-refractivity contribution < 1.29 is 33.7 Å². The Balaban J connectivity index is 1.83. The molecule has 8 nitrogen and oxygen atoms in total. The van der Waals surface area contributed by atoms with E-state index in [4.69, 9.17) is 13.9 Å². The van der Waals surface area contributed by atoms with Gasteiger partial charge in [-0.3, -0.25) is 9.59 Å². The van der Waals surface area contributed by atoms with E-state index in [0.29, 0.717) is 29.2 Å². The number of aryl methyl sites for hydroxylation is 1. The van der Waals surface area contributed by atoms with Crippen molar-refractivity contribution in [2.75, 3.05) is 13.7 Å². The van der Waals surface area contributed by atoms with Crippen LogP contribution >= 0.6 is 0 Å². The number of carbonyl (C=O) groups is 2. The lowest BCUT2D eigenvalue weighted by atomic mass is 9.94. The highest BCUT2D eigenvalue weighted by Gasteiger charge is 2.46. The number of aliphatic hydroxyl groups is 1. The molecule has 0 aliphatic carbocycles. The summed E-state index contributed by atoms with van der Waals surface area (Å²) < 4.78 is 16.2. The van der Waals surface area contributed by atoms with Crippen molar-refractivity contribution in [3.8, 4) is 17.2 Å². The first kappa shape index (κ1) is 23.9. The number of likely N-dealkylation sites (tertiary alicyclic amines) is 1. The van der Waals surface area contributed by atoms with Gasteiger partial charge in [-0.1, -0.05) is 13.0 Å². The molecule has 1 unspecified atom stereocenters. The molecule has 1 amide bonds. The Bertz CT molecular complexity index is 1280. The summed E-state index contributed by atoms with van der Waals surface area (Å²) in [5.74, 6) is -0.657. The lowest BCUT2D eigenvalue weighted by Crippen LogP contribution is -2.29. The van der Waals surface area contributed by atoms with Crippen molar-refractivity contribution in [3.63, 3.8) is 0 Å². The van der Waals surface area contributed by atoms with Crippen LogP contribution in [0.2, 0.25) is 0 Å². The lowest BCUT2D eigenvalue weighted by molar-refractivity contribution is -0.140. The van der Waals surface area contributed by atoms with Crippen molar-refractivity contribution in [1.82, 2.24) is 4.90 Å². The number of phenols is 1. The van der Waals surface area contributed by atoms with E-state index in [1.807, 2.05) is 13.8 Å². The molecule has 0 spiro atoms. The van der Waals surface area contributed by atoms with Gasteiger partial charge in [0, 0.05) is 5.56 Å². The molecule has 1 aliphatic rings. The van der Waals surface area contributed by atoms with E-state index < -0.39 is 17.7 Å². The van der Waals surface area contributed by atoms with Crippen LogP contribution in [0.4, 0.5) is 0 Å². The van der Waals surface area contributed by atoms with E-state index in [9.17, 15) is 19.8 Å². The van der Waals surface area contributed by atoms with Gasteiger partial charge in [0.25, 0.3) is 11.7 Å². The van der Waals surface area contributed by atoms with Crippen molar-refractivity contribution in [1.29, 1.82) is 0 Å². The number of rotatable bonds is 8. The molecule has 0 saturated carbocycles. The largest absolute Gasteiger partial charge is 0.507 e. The topological polar surface area (TPSA) is 109 Å². The molecule has 0 radical (unpaired) electrons. The fourth-order valence-electron chi connectivity index (χ4n) is 4.16. The predicted octanol–water partition coefficient (Wildman–Crippen LogP) is 4.71.